The summed E-state index contributed by atoms with van der Waals surface area (Å²) < 4.78 is 161. The van der Waals surface area contributed by atoms with Crippen LogP contribution in [0.15, 0.2) is 24.3 Å². The summed E-state index contributed by atoms with van der Waals surface area (Å²) in [5.74, 6) is -40.8. The summed E-state index contributed by atoms with van der Waals surface area (Å²) in [5.41, 5.74) is -7.01. The Kier molecular flexibility index (Phi) is 4.68. The Balaban J connectivity index is 2.52. The molecular formula is C14H7F12NO. The Labute approximate surface area is 147 Å². The number of carbonyl (C=O) groups excluding carboxylic acids is 1. The fourth-order valence-electron chi connectivity index (χ4n) is 2.41. The van der Waals surface area contributed by atoms with Crippen molar-refractivity contribution >= 4 is 5.91 Å². The zero-order chi connectivity index (χ0) is 22.0. The van der Waals surface area contributed by atoms with E-state index in [9.17, 15) is 57.5 Å². The summed E-state index contributed by atoms with van der Waals surface area (Å²) in [6, 6.07) is 3.04. The molecule has 1 aliphatic carbocycles. The van der Waals surface area contributed by atoms with Crippen molar-refractivity contribution in [1.82, 2.24) is 5.32 Å². The molecule has 0 aliphatic heterocycles. The van der Waals surface area contributed by atoms with Crippen molar-refractivity contribution in [2.24, 2.45) is 0 Å². The van der Waals surface area contributed by atoms with Crippen LogP contribution >= 0.6 is 0 Å². The number of nitrogens with one attached hydrogen (secondary N) is 1. The normalized spacial score (nSPS) is 25.7. The van der Waals surface area contributed by atoms with E-state index in [1.807, 2.05) is 0 Å². The van der Waals surface area contributed by atoms with E-state index in [0.717, 1.165) is 17.4 Å². The highest BCUT2D eigenvalue weighted by Gasteiger charge is 3.02. The van der Waals surface area contributed by atoms with Crippen LogP contribution in [0.1, 0.15) is 5.56 Å². The van der Waals surface area contributed by atoms with E-state index < -0.39 is 53.6 Å². The molecule has 1 amide bonds. The summed E-state index contributed by atoms with van der Waals surface area (Å²) in [6.45, 7) is -1.18. The minimum absolute atomic E-state index is 0.273. The number of hydrogen-bond donors (Lipinski definition) is 1. The molecule has 14 heteroatoms. The van der Waals surface area contributed by atoms with Gasteiger partial charge in [0.2, 0.25) is 0 Å². The predicted molar refractivity (Wildman–Crippen MR) is 66.8 cm³/mol. The van der Waals surface area contributed by atoms with Gasteiger partial charge in [0.1, 0.15) is 5.82 Å². The van der Waals surface area contributed by atoms with Gasteiger partial charge in [-0.05, 0) is 17.7 Å². The SMILES string of the molecule is O=C(NCc1ccc(F)cc1)C1(F)C(F)(F)C(F)(F)C(F)(F)C(F)(F)C1(F)F. The topological polar surface area (TPSA) is 29.1 Å². The van der Waals surface area contributed by atoms with Gasteiger partial charge in [0.05, 0.1) is 0 Å². The Morgan fingerprint density at radius 2 is 1.04 bits per heavy atom. The highest BCUT2D eigenvalue weighted by molar-refractivity contribution is 5.88. The van der Waals surface area contributed by atoms with Crippen LogP contribution in [0.4, 0.5) is 52.7 Å². The molecule has 1 saturated carbocycles. The van der Waals surface area contributed by atoms with Crippen molar-refractivity contribution in [3.05, 3.63) is 35.6 Å². The van der Waals surface area contributed by atoms with Gasteiger partial charge < -0.3 is 5.32 Å². The van der Waals surface area contributed by atoms with E-state index >= 15 is 0 Å². The first-order chi connectivity index (χ1) is 12.4. The standard InChI is InChI=1S/C14H7F12NO/c15-7-3-1-6(2-4-7)5-27-8(28)9(16)10(17,18)12(21,22)14(25,26)13(23,24)11(9,19)20/h1-4H,5H2,(H,27,28). The van der Waals surface area contributed by atoms with Gasteiger partial charge in [-0.15, -0.1) is 0 Å². The lowest BCUT2D eigenvalue weighted by Crippen LogP contribution is -2.86. The summed E-state index contributed by atoms with van der Waals surface area (Å²) in [6.07, 6.45) is 0. The van der Waals surface area contributed by atoms with Crippen LogP contribution in [-0.4, -0.2) is 41.2 Å². The molecule has 0 radical (unpaired) electrons. The lowest BCUT2D eigenvalue weighted by molar-refractivity contribution is -0.476. The molecular weight excluding hydrogens is 426 g/mol. The molecule has 0 atom stereocenters. The van der Waals surface area contributed by atoms with E-state index in [0.29, 0.717) is 12.1 Å². The third-order valence-corrected chi connectivity index (χ3v) is 4.12. The van der Waals surface area contributed by atoms with Crippen LogP contribution in [0, 0.1) is 5.82 Å². The van der Waals surface area contributed by atoms with Crippen LogP contribution in [0.3, 0.4) is 0 Å². The third kappa shape index (κ3) is 2.35. The van der Waals surface area contributed by atoms with Gasteiger partial charge >= 0.3 is 35.3 Å². The van der Waals surface area contributed by atoms with Crippen molar-refractivity contribution in [2.75, 3.05) is 0 Å². The Bertz CT molecular complexity index is 743. The number of benzene rings is 1. The molecule has 1 aromatic carbocycles. The Hall–Kier alpha value is -2.15. The van der Waals surface area contributed by atoms with Crippen molar-refractivity contribution < 1.29 is 57.5 Å². The van der Waals surface area contributed by atoms with Crippen molar-refractivity contribution in [2.45, 2.75) is 41.8 Å². The molecule has 28 heavy (non-hydrogen) atoms. The van der Waals surface area contributed by atoms with Crippen LogP contribution in [0.5, 0.6) is 0 Å². The zero-order valence-corrected chi connectivity index (χ0v) is 13.0. The van der Waals surface area contributed by atoms with Gasteiger partial charge in [-0.1, -0.05) is 12.1 Å². The molecule has 0 unspecified atom stereocenters. The molecule has 158 valence electrons. The van der Waals surface area contributed by atoms with Gasteiger partial charge in [-0.3, -0.25) is 4.79 Å². The second-order valence-electron chi connectivity index (χ2n) is 5.84. The number of rotatable bonds is 3. The van der Waals surface area contributed by atoms with E-state index in [1.54, 1.807) is 0 Å². The maximum atomic E-state index is 14.4. The Morgan fingerprint density at radius 3 is 1.43 bits per heavy atom. The lowest BCUT2D eigenvalue weighted by atomic mass is 9.71. The quantitative estimate of drug-likeness (QED) is 0.707. The van der Waals surface area contributed by atoms with Crippen LogP contribution in [0.25, 0.3) is 0 Å². The minimum atomic E-state index is -7.39. The van der Waals surface area contributed by atoms with Crippen LogP contribution in [-0.2, 0) is 11.3 Å². The molecule has 0 heterocycles. The number of halogens is 12. The number of alkyl halides is 11. The average molecular weight is 433 g/mol. The highest BCUT2D eigenvalue weighted by Crippen LogP contribution is 2.69. The van der Waals surface area contributed by atoms with Gasteiger partial charge in [0.25, 0.3) is 5.91 Å². The maximum Gasteiger partial charge on any atom is 0.384 e. The van der Waals surface area contributed by atoms with Crippen molar-refractivity contribution in [3.63, 3.8) is 0 Å². The van der Waals surface area contributed by atoms with Crippen molar-refractivity contribution in [3.8, 4) is 0 Å². The number of hydrogen-bond acceptors (Lipinski definition) is 1. The van der Waals surface area contributed by atoms with Gasteiger partial charge in [-0.25, -0.2) is 8.78 Å². The van der Waals surface area contributed by atoms with Gasteiger partial charge in [0, 0.05) is 6.54 Å². The predicted octanol–water partition coefficient (Wildman–Crippen LogP) is 4.34. The van der Waals surface area contributed by atoms with Gasteiger partial charge in [0.15, 0.2) is 0 Å². The minimum Gasteiger partial charge on any atom is -0.349 e. The summed E-state index contributed by atoms with van der Waals surface area (Å²) in [7, 11) is 0. The van der Waals surface area contributed by atoms with Gasteiger partial charge in [-0.2, -0.15) is 43.9 Å². The van der Waals surface area contributed by atoms with Crippen LogP contribution < -0.4 is 5.32 Å². The van der Waals surface area contributed by atoms with Crippen LogP contribution in [0.2, 0.25) is 0 Å². The zero-order valence-electron chi connectivity index (χ0n) is 13.0. The summed E-state index contributed by atoms with van der Waals surface area (Å²) >= 11 is 0. The second kappa shape index (κ2) is 5.92. The number of amides is 1. The molecule has 1 aromatic rings. The average Bonchev–Trinajstić information content (AvgIpc) is 2.58. The molecule has 1 N–H and O–H groups in total. The highest BCUT2D eigenvalue weighted by atomic mass is 19.4. The molecule has 0 spiro atoms. The second-order valence-corrected chi connectivity index (χ2v) is 5.84. The summed E-state index contributed by atoms with van der Waals surface area (Å²) in [4.78, 5) is 11.5. The van der Waals surface area contributed by atoms with E-state index in [-0.39, 0.29) is 5.56 Å². The first-order valence-corrected chi connectivity index (χ1v) is 7.00. The van der Waals surface area contributed by atoms with E-state index in [2.05, 4.69) is 0 Å². The fourth-order valence-corrected chi connectivity index (χ4v) is 2.41. The molecule has 2 rings (SSSR count). The first kappa shape index (κ1) is 22.1. The largest absolute Gasteiger partial charge is 0.384 e. The first-order valence-electron chi connectivity index (χ1n) is 7.00. The van der Waals surface area contributed by atoms with Crippen molar-refractivity contribution in [1.29, 1.82) is 0 Å². The molecule has 1 aliphatic rings. The number of carbonyl (C=O) groups is 1. The monoisotopic (exact) mass is 433 g/mol. The molecule has 0 saturated heterocycles. The van der Waals surface area contributed by atoms with E-state index in [4.69, 9.17) is 0 Å². The maximum absolute atomic E-state index is 14.4. The summed E-state index contributed by atoms with van der Waals surface area (Å²) in [5, 5.41) is 0.935. The molecule has 1 fully saturated rings. The molecule has 2 nitrogen and oxygen atoms in total. The lowest BCUT2D eigenvalue weighted by Gasteiger charge is -2.51. The third-order valence-electron chi connectivity index (χ3n) is 4.12. The fraction of sp³-hybridized carbons (Fsp3) is 0.500. The van der Waals surface area contributed by atoms with E-state index in [1.165, 1.54) is 0 Å². The molecule has 0 aromatic heterocycles. The Morgan fingerprint density at radius 1 is 0.679 bits per heavy atom. The smallest absolute Gasteiger partial charge is 0.349 e. The molecule has 0 bridgehead atoms.